The number of hydrogen-bond donors (Lipinski definition) is 2. The van der Waals surface area contributed by atoms with Crippen LogP contribution in [0.15, 0.2) is 33.9 Å². The third-order valence-electron chi connectivity index (χ3n) is 2.26. The summed E-state index contributed by atoms with van der Waals surface area (Å²) in [5.74, 6) is -0.600. The second-order valence-corrected chi connectivity index (χ2v) is 6.47. The van der Waals surface area contributed by atoms with Gasteiger partial charge in [0.1, 0.15) is 4.21 Å². The largest absolute Gasteiger partial charge is 0.494 e. The number of methoxy groups -OCH3 is 1. The molecule has 0 bridgehead atoms. The summed E-state index contributed by atoms with van der Waals surface area (Å²) in [6.07, 6.45) is 0. The van der Waals surface area contributed by atoms with Crippen LogP contribution in [0.1, 0.15) is 0 Å². The molecule has 0 saturated carbocycles. The van der Waals surface area contributed by atoms with E-state index in [1.807, 2.05) is 0 Å². The number of nitrogen functional groups attached to an aromatic ring is 1. The lowest BCUT2D eigenvalue weighted by atomic mass is 10.3. The molecule has 1 aromatic carbocycles. The van der Waals surface area contributed by atoms with Crippen LogP contribution in [0.5, 0.6) is 5.75 Å². The quantitative estimate of drug-likeness (QED) is 0.908. The zero-order valence-electron chi connectivity index (χ0n) is 9.88. The van der Waals surface area contributed by atoms with E-state index in [4.69, 9.17) is 10.5 Å². The molecule has 0 aliphatic rings. The second-order valence-electron chi connectivity index (χ2n) is 3.65. The van der Waals surface area contributed by atoms with E-state index in [1.165, 1.54) is 30.7 Å². The molecular formula is C11H11FN2O3S2. The Morgan fingerprint density at radius 1 is 1.37 bits per heavy atom. The van der Waals surface area contributed by atoms with Gasteiger partial charge in [0, 0.05) is 17.1 Å². The smallest absolute Gasteiger partial charge is 0.271 e. The number of sulfonamides is 1. The van der Waals surface area contributed by atoms with Gasteiger partial charge in [-0.1, -0.05) is 0 Å². The minimum atomic E-state index is -3.75. The van der Waals surface area contributed by atoms with Crippen LogP contribution in [0.25, 0.3) is 0 Å². The first kappa shape index (κ1) is 13.6. The van der Waals surface area contributed by atoms with Crippen LogP contribution in [0.2, 0.25) is 0 Å². The average Bonchev–Trinajstić information content (AvgIpc) is 2.76. The zero-order valence-corrected chi connectivity index (χ0v) is 11.5. The third-order valence-corrected chi connectivity index (χ3v) is 5.10. The molecule has 19 heavy (non-hydrogen) atoms. The Hall–Kier alpha value is -1.80. The van der Waals surface area contributed by atoms with E-state index in [0.717, 1.165) is 17.4 Å². The van der Waals surface area contributed by atoms with E-state index in [1.54, 1.807) is 0 Å². The Morgan fingerprint density at radius 2 is 2.11 bits per heavy atom. The van der Waals surface area contributed by atoms with Crippen molar-refractivity contribution in [2.45, 2.75) is 4.21 Å². The Bertz CT molecular complexity index is 698. The SMILES string of the molecule is COc1ccc(NS(=O)(=O)c2cc(N)cs2)cc1F. The molecule has 2 rings (SSSR count). The number of nitrogens with two attached hydrogens (primary N) is 1. The Labute approximate surface area is 113 Å². The van der Waals surface area contributed by atoms with Gasteiger partial charge in [-0.05, 0) is 18.2 Å². The van der Waals surface area contributed by atoms with E-state index in [9.17, 15) is 12.8 Å². The molecule has 0 radical (unpaired) electrons. The molecule has 0 saturated heterocycles. The van der Waals surface area contributed by atoms with Crippen LogP contribution in [0.3, 0.4) is 0 Å². The number of benzene rings is 1. The van der Waals surface area contributed by atoms with Crippen LogP contribution in [-0.4, -0.2) is 15.5 Å². The fraction of sp³-hybridized carbons (Fsp3) is 0.0909. The van der Waals surface area contributed by atoms with Gasteiger partial charge in [-0.3, -0.25) is 4.72 Å². The van der Waals surface area contributed by atoms with Crippen molar-refractivity contribution in [2.24, 2.45) is 0 Å². The summed E-state index contributed by atoms with van der Waals surface area (Å²) in [6, 6.07) is 5.15. The fourth-order valence-electron chi connectivity index (χ4n) is 1.41. The molecule has 0 aliphatic heterocycles. The van der Waals surface area contributed by atoms with Crippen molar-refractivity contribution in [3.05, 3.63) is 35.5 Å². The van der Waals surface area contributed by atoms with Crippen LogP contribution in [0.4, 0.5) is 15.8 Å². The summed E-state index contributed by atoms with van der Waals surface area (Å²) in [5, 5.41) is 1.52. The standard InChI is InChI=1S/C11H11FN2O3S2/c1-17-10-3-2-8(5-9(10)12)14-19(15,16)11-4-7(13)6-18-11/h2-6,14H,13H2,1H3. The molecule has 102 valence electrons. The third kappa shape index (κ3) is 2.96. The van der Waals surface area contributed by atoms with Crippen molar-refractivity contribution >= 4 is 32.7 Å². The van der Waals surface area contributed by atoms with Crippen molar-refractivity contribution in [1.82, 2.24) is 0 Å². The summed E-state index contributed by atoms with van der Waals surface area (Å²) >= 11 is 0.994. The molecule has 8 heteroatoms. The minimum Gasteiger partial charge on any atom is -0.494 e. The highest BCUT2D eigenvalue weighted by atomic mass is 32.2. The highest BCUT2D eigenvalue weighted by Gasteiger charge is 2.17. The molecule has 1 heterocycles. The average molecular weight is 302 g/mol. The summed E-state index contributed by atoms with van der Waals surface area (Å²) < 4.78 is 44.5. The summed E-state index contributed by atoms with van der Waals surface area (Å²) in [4.78, 5) is 0. The number of anilines is 2. The highest BCUT2D eigenvalue weighted by molar-refractivity contribution is 7.94. The van der Waals surface area contributed by atoms with Gasteiger partial charge in [-0.25, -0.2) is 12.8 Å². The van der Waals surface area contributed by atoms with Gasteiger partial charge in [-0.2, -0.15) is 0 Å². The van der Waals surface area contributed by atoms with Crippen molar-refractivity contribution in [1.29, 1.82) is 0 Å². The molecule has 2 aromatic rings. The summed E-state index contributed by atoms with van der Waals surface area (Å²) in [5.41, 5.74) is 5.96. The molecule has 0 fully saturated rings. The van der Waals surface area contributed by atoms with Crippen LogP contribution in [-0.2, 0) is 10.0 Å². The predicted molar refractivity (Wildman–Crippen MR) is 72.5 cm³/mol. The van der Waals surface area contributed by atoms with Gasteiger partial charge in [0.15, 0.2) is 11.6 Å². The number of thiophene rings is 1. The molecule has 0 unspecified atom stereocenters. The lowest BCUT2D eigenvalue weighted by Gasteiger charge is -2.08. The van der Waals surface area contributed by atoms with E-state index in [-0.39, 0.29) is 15.6 Å². The number of rotatable bonds is 4. The second kappa shape index (κ2) is 5.06. The normalized spacial score (nSPS) is 11.3. The molecule has 5 nitrogen and oxygen atoms in total. The predicted octanol–water partition coefficient (Wildman–Crippen LogP) is 2.28. The van der Waals surface area contributed by atoms with Gasteiger partial charge < -0.3 is 10.5 Å². The zero-order chi connectivity index (χ0) is 14.0. The fourth-order valence-corrected chi connectivity index (χ4v) is 3.54. The van der Waals surface area contributed by atoms with Crippen molar-refractivity contribution in [2.75, 3.05) is 17.6 Å². The van der Waals surface area contributed by atoms with E-state index < -0.39 is 15.8 Å². The molecule has 0 atom stereocenters. The van der Waals surface area contributed by atoms with E-state index >= 15 is 0 Å². The molecular weight excluding hydrogens is 291 g/mol. The van der Waals surface area contributed by atoms with Gasteiger partial charge >= 0.3 is 0 Å². The molecule has 0 amide bonds. The Kier molecular flexibility index (Phi) is 3.63. The van der Waals surface area contributed by atoms with E-state index in [0.29, 0.717) is 5.69 Å². The van der Waals surface area contributed by atoms with Crippen LogP contribution < -0.4 is 15.2 Å². The summed E-state index contributed by atoms with van der Waals surface area (Å²) in [6.45, 7) is 0. The van der Waals surface area contributed by atoms with Gasteiger partial charge in [0.05, 0.1) is 12.8 Å². The molecule has 3 N–H and O–H groups in total. The Balaban J connectivity index is 2.28. The first-order valence-corrected chi connectivity index (χ1v) is 7.49. The summed E-state index contributed by atoms with van der Waals surface area (Å²) in [7, 11) is -2.42. The van der Waals surface area contributed by atoms with Crippen molar-refractivity contribution in [3.8, 4) is 5.75 Å². The van der Waals surface area contributed by atoms with Gasteiger partial charge in [0.25, 0.3) is 10.0 Å². The van der Waals surface area contributed by atoms with Gasteiger partial charge in [0.2, 0.25) is 0 Å². The van der Waals surface area contributed by atoms with Crippen LogP contribution in [0, 0.1) is 5.82 Å². The molecule has 0 spiro atoms. The lowest BCUT2D eigenvalue weighted by Crippen LogP contribution is -2.11. The first-order valence-electron chi connectivity index (χ1n) is 5.13. The van der Waals surface area contributed by atoms with E-state index in [2.05, 4.69) is 4.72 Å². The maximum atomic E-state index is 13.5. The van der Waals surface area contributed by atoms with Crippen molar-refractivity contribution < 1.29 is 17.5 Å². The van der Waals surface area contributed by atoms with Crippen molar-refractivity contribution in [3.63, 3.8) is 0 Å². The van der Waals surface area contributed by atoms with Crippen LogP contribution >= 0.6 is 11.3 Å². The topological polar surface area (TPSA) is 81.4 Å². The molecule has 0 aliphatic carbocycles. The number of halogens is 1. The molecule has 1 aromatic heterocycles. The minimum absolute atomic E-state index is 0.0447. The monoisotopic (exact) mass is 302 g/mol. The number of nitrogens with one attached hydrogen (secondary N) is 1. The van der Waals surface area contributed by atoms with Gasteiger partial charge in [-0.15, -0.1) is 11.3 Å². The highest BCUT2D eigenvalue weighted by Crippen LogP contribution is 2.26. The lowest BCUT2D eigenvalue weighted by molar-refractivity contribution is 0.386. The number of ether oxygens (including phenoxy) is 1. The maximum Gasteiger partial charge on any atom is 0.271 e. The number of hydrogen-bond acceptors (Lipinski definition) is 5. The maximum absolute atomic E-state index is 13.5. The first-order chi connectivity index (χ1) is 8.92. The Morgan fingerprint density at radius 3 is 2.63 bits per heavy atom.